The fourth-order valence-corrected chi connectivity index (χ4v) is 5.02. The average Bonchev–Trinajstić information content (AvgIpc) is 3.34. The molecule has 164 valence electrons. The Morgan fingerprint density at radius 3 is 2.35 bits per heavy atom. The summed E-state index contributed by atoms with van der Waals surface area (Å²) in [6.45, 7) is -1.48. The number of aliphatic hydroxyl groups is 1. The summed E-state index contributed by atoms with van der Waals surface area (Å²) in [5.41, 5.74) is 2.61. The molecule has 1 aromatic heterocycles. The molecular formula is C21H21F2N3O4S. The highest BCUT2D eigenvalue weighted by atomic mass is 32.2. The quantitative estimate of drug-likeness (QED) is 0.513. The van der Waals surface area contributed by atoms with Crippen LogP contribution < -0.4 is 4.74 Å². The van der Waals surface area contributed by atoms with Crippen LogP contribution in [0, 0.1) is 0 Å². The number of carbonyl (C=O) groups is 1. The third-order valence-corrected chi connectivity index (χ3v) is 6.72. The molecule has 10 heteroatoms. The summed E-state index contributed by atoms with van der Waals surface area (Å²) < 4.78 is 43.5. The van der Waals surface area contributed by atoms with Crippen molar-refractivity contribution in [2.24, 2.45) is 0 Å². The largest absolute Gasteiger partial charge is 0.593 e. The number of alkyl halides is 2. The lowest BCUT2D eigenvalue weighted by atomic mass is 10.0. The van der Waals surface area contributed by atoms with Crippen molar-refractivity contribution in [2.45, 2.75) is 17.4 Å². The van der Waals surface area contributed by atoms with Gasteiger partial charge < -0.3 is 19.3 Å². The maximum absolute atomic E-state index is 12.9. The summed E-state index contributed by atoms with van der Waals surface area (Å²) >= 11 is -1.46. The van der Waals surface area contributed by atoms with Crippen LogP contribution in [0.1, 0.15) is 11.6 Å². The van der Waals surface area contributed by atoms with Gasteiger partial charge in [-0.05, 0) is 47.5 Å². The first kappa shape index (κ1) is 21.7. The van der Waals surface area contributed by atoms with Gasteiger partial charge in [0, 0.05) is 19.3 Å². The fourth-order valence-electron chi connectivity index (χ4n) is 3.81. The van der Waals surface area contributed by atoms with Gasteiger partial charge in [-0.15, -0.1) is 4.31 Å². The van der Waals surface area contributed by atoms with Crippen LogP contribution >= 0.6 is 0 Å². The molecule has 2 unspecified atom stereocenters. The molecule has 4 rings (SSSR count). The molecule has 0 saturated carbocycles. The number of amides is 1. The molecule has 2 atom stereocenters. The molecule has 0 saturated heterocycles. The Kier molecular flexibility index (Phi) is 6.51. The molecule has 2 aliphatic heterocycles. The van der Waals surface area contributed by atoms with Gasteiger partial charge in [-0.1, -0.05) is 6.07 Å². The Hall–Kier alpha value is -2.53. The van der Waals surface area contributed by atoms with Gasteiger partial charge in [0.25, 0.3) is 0 Å². The van der Waals surface area contributed by atoms with Gasteiger partial charge in [0.2, 0.25) is 5.91 Å². The minimum absolute atomic E-state index is 0.0123. The Balaban J connectivity index is 1.35. The zero-order valence-electron chi connectivity index (χ0n) is 16.5. The number of nitrogens with zero attached hydrogens (tertiary/aromatic N) is 3. The Morgan fingerprint density at radius 1 is 1.13 bits per heavy atom. The second-order valence-electron chi connectivity index (χ2n) is 7.29. The number of hydrogen-bond donors (Lipinski definition) is 1. The lowest BCUT2D eigenvalue weighted by molar-refractivity contribution is -0.132. The molecule has 0 spiro atoms. The minimum Gasteiger partial charge on any atom is -0.593 e. The predicted molar refractivity (Wildman–Crippen MR) is 109 cm³/mol. The van der Waals surface area contributed by atoms with E-state index in [-0.39, 0.29) is 18.3 Å². The summed E-state index contributed by atoms with van der Waals surface area (Å²) in [5, 5.41) is 9.72. The van der Waals surface area contributed by atoms with Crippen molar-refractivity contribution < 1.29 is 28.0 Å². The molecular weight excluding hydrogens is 428 g/mol. The second-order valence-corrected chi connectivity index (χ2v) is 8.77. The number of rotatable bonds is 7. The number of aliphatic hydroxyl groups excluding tert-OH is 1. The SMILES string of the molecule is O=C(C(CO)c1ccccn1)N1CC2=C(C1)CN([S+]([O-])c1ccc(OC(F)F)cc1)C2. The van der Waals surface area contributed by atoms with Gasteiger partial charge in [-0.3, -0.25) is 9.78 Å². The van der Waals surface area contributed by atoms with Crippen molar-refractivity contribution in [3.05, 3.63) is 65.5 Å². The summed E-state index contributed by atoms with van der Waals surface area (Å²) in [5.74, 6) is -0.878. The number of hydrogen-bond acceptors (Lipinski definition) is 6. The standard InChI is InChI=1S/C21H21F2N3O4S/c22-21(23)30-16-4-6-17(7-5-16)31(29)26-11-14-9-25(10-15(14)12-26)20(28)18(13-27)19-3-1-2-8-24-19/h1-8,18,21,27H,9-13H2. The molecule has 2 aliphatic rings. The van der Waals surface area contributed by atoms with Crippen molar-refractivity contribution in [1.29, 1.82) is 0 Å². The van der Waals surface area contributed by atoms with E-state index in [4.69, 9.17) is 0 Å². The van der Waals surface area contributed by atoms with Crippen LogP contribution in [-0.2, 0) is 16.2 Å². The van der Waals surface area contributed by atoms with Crippen molar-refractivity contribution in [2.75, 3.05) is 32.8 Å². The van der Waals surface area contributed by atoms with Crippen molar-refractivity contribution in [1.82, 2.24) is 14.2 Å². The van der Waals surface area contributed by atoms with E-state index in [1.165, 1.54) is 24.3 Å². The number of ether oxygens (including phenoxy) is 1. The first-order chi connectivity index (χ1) is 15.0. The Morgan fingerprint density at radius 2 is 1.81 bits per heavy atom. The van der Waals surface area contributed by atoms with Crippen LogP contribution in [0.4, 0.5) is 8.78 Å². The molecule has 3 heterocycles. The van der Waals surface area contributed by atoms with Crippen LogP contribution in [0.3, 0.4) is 0 Å². The average molecular weight is 449 g/mol. The topological polar surface area (TPSA) is 89.0 Å². The lowest BCUT2D eigenvalue weighted by Gasteiger charge is -2.26. The van der Waals surface area contributed by atoms with E-state index < -0.39 is 23.9 Å². The van der Waals surface area contributed by atoms with Crippen molar-refractivity contribution in [3.63, 3.8) is 0 Å². The third kappa shape index (κ3) is 4.72. The molecule has 1 aromatic carbocycles. The van der Waals surface area contributed by atoms with E-state index in [1.807, 2.05) is 0 Å². The molecule has 0 fully saturated rings. The van der Waals surface area contributed by atoms with Crippen molar-refractivity contribution in [3.8, 4) is 5.75 Å². The molecule has 2 aromatic rings. The Bertz CT molecular complexity index is 941. The normalized spacial score (nSPS) is 18.4. The second kappa shape index (κ2) is 9.31. The van der Waals surface area contributed by atoms with Gasteiger partial charge in [0.15, 0.2) is 4.90 Å². The van der Waals surface area contributed by atoms with Crippen LogP contribution in [0.5, 0.6) is 5.75 Å². The van der Waals surface area contributed by atoms with Gasteiger partial charge in [0.1, 0.15) is 11.7 Å². The molecule has 0 radical (unpaired) electrons. The number of pyridine rings is 1. The monoisotopic (exact) mass is 449 g/mol. The summed E-state index contributed by atoms with van der Waals surface area (Å²) in [7, 11) is 0. The molecule has 1 amide bonds. The minimum atomic E-state index is -2.91. The van der Waals surface area contributed by atoms with Crippen LogP contribution in [-0.4, -0.2) is 69.2 Å². The zero-order chi connectivity index (χ0) is 22.0. The first-order valence-corrected chi connectivity index (χ1v) is 10.8. The van der Waals surface area contributed by atoms with Crippen LogP contribution in [0.2, 0.25) is 0 Å². The van der Waals surface area contributed by atoms with Crippen LogP contribution in [0.25, 0.3) is 0 Å². The summed E-state index contributed by atoms with van der Waals surface area (Å²) in [6.07, 6.45) is 1.59. The van der Waals surface area contributed by atoms with E-state index in [0.717, 1.165) is 11.1 Å². The molecule has 7 nitrogen and oxygen atoms in total. The van der Waals surface area contributed by atoms with Gasteiger partial charge in [-0.25, -0.2) is 0 Å². The van der Waals surface area contributed by atoms with Crippen LogP contribution in [0.15, 0.2) is 64.7 Å². The third-order valence-electron chi connectivity index (χ3n) is 5.32. The maximum atomic E-state index is 12.9. The fraction of sp³-hybridized carbons (Fsp3) is 0.333. The number of aromatic nitrogens is 1. The van der Waals surface area contributed by atoms with Crippen molar-refractivity contribution >= 4 is 17.3 Å². The Labute approximate surface area is 181 Å². The number of halogens is 2. The molecule has 0 aliphatic carbocycles. The molecule has 0 bridgehead atoms. The lowest BCUT2D eigenvalue weighted by Crippen LogP contribution is -2.39. The molecule has 31 heavy (non-hydrogen) atoms. The summed E-state index contributed by atoms with van der Waals surface area (Å²) in [6, 6.07) is 11.0. The zero-order valence-corrected chi connectivity index (χ0v) is 17.3. The van der Waals surface area contributed by atoms with E-state index in [9.17, 15) is 23.2 Å². The van der Waals surface area contributed by atoms with E-state index >= 15 is 0 Å². The van der Waals surface area contributed by atoms with Gasteiger partial charge in [-0.2, -0.15) is 8.78 Å². The first-order valence-electron chi connectivity index (χ1n) is 9.68. The van der Waals surface area contributed by atoms with E-state index in [1.54, 1.807) is 33.6 Å². The molecule has 1 N–H and O–H groups in total. The highest BCUT2D eigenvalue weighted by molar-refractivity contribution is 7.89. The van der Waals surface area contributed by atoms with Gasteiger partial charge >= 0.3 is 6.61 Å². The maximum Gasteiger partial charge on any atom is 0.387 e. The number of carbonyl (C=O) groups excluding carboxylic acids is 1. The summed E-state index contributed by atoms with van der Waals surface area (Å²) in [4.78, 5) is 19.3. The highest BCUT2D eigenvalue weighted by Crippen LogP contribution is 2.32. The van der Waals surface area contributed by atoms with Gasteiger partial charge in [0.05, 0.1) is 36.8 Å². The van der Waals surface area contributed by atoms with E-state index in [0.29, 0.717) is 36.8 Å². The highest BCUT2D eigenvalue weighted by Gasteiger charge is 2.39. The smallest absolute Gasteiger partial charge is 0.387 e. The van der Waals surface area contributed by atoms with E-state index in [2.05, 4.69) is 9.72 Å². The predicted octanol–water partition coefficient (Wildman–Crippen LogP) is 1.94. The number of benzene rings is 1.